The van der Waals surface area contributed by atoms with Crippen LogP contribution in [0.5, 0.6) is 0 Å². The summed E-state index contributed by atoms with van der Waals surface area (Å²) in [5, 5.41) is 0. The van der Waals surface area contributed by atoms with Crippen LogP contribution in [-0.2, 0) is 19.2 Å². The minimum absolute atomic E-state index is 0.219. The number of allylic oxidation sites excluding steroid dienone is 1. The molecule has 0 N–H and O–H groups in total. The molecule has 2 saturated heterocycles. The highest BCUT2D eigenvalue weighted by molar-refractivity contribution is 6.22. The molecule has 8 amide bonds. The van der Waals surface area contributed by atoms with Gasteiger partial charge in [0.2, 0.25) is 17.7 Å². The van der Waals surface area contributed by atoms with Crippen LogP contribution in [-0.4, -0.2) is 99.0 Å². The van der Waals surface area contributed by atoms with Crippen molar-refractivity contribution in [1.29, 1.82) is 0 Å². The second-order valence-corrected chi connectivity index (χ2v) is 14.3. The van der Waals surface area contributed by atoms with Gasteiger partial charge in [-0.1, -0.05) is 43.5 Å². The lowest BCUT2D eigenvalue weighted by Gasteiger charge is -2.45. The van der Waals surface area contributed by atoms with E-state index >= 15 is 0 Å². The van der Waals surface area contributed by atoms with Crippen molar-refractivity contribution >= 4 is 47.3 Å². The van der Waals surface area contributed by atoms with E-state index in [1.807, 2.05) is 6.07 Å². The second kappa shape index (κ2) is 13.4. The molecular formula is C38H41N5O8. The fourth-order valence-electron chi connectivity index (χ4n) is 8.05. The predicted molar refractivity (Wildman–Crippen MR) is 182 cm³/mol. The molecule has 3 fully saturated rings. The first kappa shape index (κ1) is 35.5. The maximum absolute atomic E-state index is 13.9. The Morgan fingerprint density at radius 2 is 1.37 bits per heavy atom. The SMILES string of the molecule is CN1C(=O)N(CC(=O)c2cccnc2)C(=O)C(C)(C2=CCC(c3cccc(C(=O)CN4C(=O)N(C)C(=O)C(C)(C5CCCCC5)C4=O)c3)C2)C1=O. The summed E-state index contributed by atoms with van der Waals surface area (Å²) in [6, 6.07) is 8.17. The van der Waals surface area contributed by atoms with Gasteiger partial charge in [0.05, 0.1) is 13.1 Å². The van der Waals surface area contributed by atoms with Crippen molar-refractivity contribution in [2.45, 2.75) is 64.7 Å². The van der Waals surface area contributed by atoms with Crippen molar-refractivity contribution in [3.63, 3.8) is 0 Å². The summed E-state index contributed by atoms with van der Waals surface area (Å²) in [5.41, 5.74) is -1.43. The number of Topliss-reactive ketones (excluding diaryl/α,β-unsaturated/α-hetero) is 2. The Kier molecular flexibility index (Phi) is 9.34. The summed E-state index contributed by atoms with van der Waals surface area (Å²) in [7, 11) is 2.62. The van der Waals surface area contributed by atoms with Crippen molar-refractivity contribution in [3.05, 3.63) is 77.1 Å². The van der Waals surface area contributed by atoms with Gasteiger partial charge in [-0.2, -0.15) is 0 Å². The molecule has 266 valence electrons. The molecule has 0 spiro atoms. The monoisotopic (exact) mass is 695 g/mol. The molecule has 3 unspecified atom stereocenters. The molecule has 2 aliphatic heterocycles. The number of aromatic nitrogens is 1. The zero-order chi connectivity index (χ0) is 36.8. The number of urea groups is 2. The Morgan fingerprint density at radius 1 is 0.765 bits per heavy atom. The average Bonchev–Trinajstić information content (AvgIpc) is 3.67. The van der Waals surface area contributed by atoms with E-state index in [4.69, 9.17) is 0 Å². The lowest BCUT2D eigenvalue weighted by atomic mass is 9.67. The van der Waals surface area contributed by atoms with Crippen LogP contribution < -0.4 is 0 Å². The number of carbonyl (C=O) groups excluding carboxylic acids is 8. The van der Waals surface area contributed by atoms with Crippen LogP contribution in [0.3, 0.4) is 0 Å². The largest absolute Gasteiger partial charge is 0.333 e. The van der Waals surface area contributed by atoms with E-state index in [0.29, 0.717) is 24.8 Å². The molecule has 3 heterocycles. The van der Waals surface area contributed by atoms with Gasteiger partial charge in [0, 0.05) is 37.6 Å². The van der Waals surface area contributed by atoms with Gasteiger partial charge >= 0.3 is 12.1 Å². The van der Waals surface area contributed by atoms with Gasteiger partial charge in [-0.3, -0.25) is 53.4 Å². The topological polar surface area (TPSA) is 162 Å². The average molecular weight is 696 g/mol. The summed E-state index contributed by atoms with van der Waals surface area (Å²) < 4.78 is 0. The molecule has 1 aromatic heterocycles. The first-order valence-corrected chi connectivity index (χ1v) is 17.2. The first-order chi connectivity index (χ1) is 24.2. The van der Waals surface area contributed by atoms with E-state index < -0.39 is 71.2 Å². The third-order valence-electron chi connectivity index (χ3n) is 11.3. The number of rotatable bonds is 9. The van der Waals surface area contributed by atoms with Crippen molar-refractivity contribution in [2.24, 2.45) is 16.7 Å². The van der Waals surface area contributed by atoms with E-state index in [-0.39, 0.29) is 29.4 Å². The van der Waals surface area contributed by atoms with Crippen LogP contribution in [0.1, 0.15) is 91.0 Å². The van der Waals surface area contributed by atoms with Gasteiger partial charge < -0.3 is 0 Å². The Bertz CT molecular complexity index is 1880. The van der Waals surface area contributed by atoms with E-state index in [1.165, 1.54) is 39.5 Å². The van der Waals surface area contributed by atoms with Crippen LogP contribution in [0.4, 0.5) is 9.59 Å². The summed E-state index contributed by atoms with van der Waals surface area (Å²) >= 11 is 0. The van der Waals surface area contributed by atoms with Gasteiger partial charge in [0.25, 0.3) is 5.91 Å². The molecule has 13 nitrogen and oxygen atoms in total. The molecule has 2 aliphatic carbocycles. The van der Waals surface area contributed by atoms with Gasteiger partial charge in [-0.15, -0.1) is 0 Å². The zero-order valence-electron chi connectivity index (χ0n) is 29.2. The summed E-state index contributed by atoms with van der Waals surface area (Å²) in [5.74, 6) is -4.09. The highest BCUT2D eigenvalue weighted by Crippen LogP contribution is 2.46. The predicted octanol–water partition coefficient (Wildman–Crippen LogP) is 4.39. The molecule has 0 radical (unpaired) electrons. The third kappa shape index (κ3) is 5.87. The van der Waals surface area contributed by atoms with Crippen LogP contribution in [0.15, 0.2) is 60.4 Å². The second-order valence-electron chi connectivity index (χ2n) is 14.3. The minimum atomic E-state index is -1.73. The molecule has 1 aromatic carbocycles. The molecule has 13 heteroatoms. The maximum Gasteiger partial charge on any atom is 0.333 e. The molecular weight excluding hydrogens is 654 g/mol. The molecule has 2 aromatic rings. The highest BCUT2D eigenvalue weighted by Gasteiger charge is 2.58. The molecule has 4 aliphatic rings. The lowest BCUT2D eigenvalue weighted by molar-refractivity contribution is -0.161. The molecule has 51 heavy (non-hydrogen) atoms. The number of nitrogens with zero attached hydrogens (tertiary/aromatic N) is 5. The van der Waals surface area contributed by atoms with Crippen molar-refractivity contribution in [1.82, 2.24) is 24.6 Å². The summed E-state index contributed by atoms with van der Waals surface area (Å²) in [4.78, 5) is 115. The van der Waals surface area contributed by atoms with E-state index in [0.717, 1.165) is 44.4 Å². The fraction of sp³-hybridized carbons (Fsp3) is 0.447. The normalized spacial score (nSPS) is 26.3. The number of benzene rings is 1. The van der Waals surface area contributed by atoms with Crippen molar-refractivity contribution < 1.29 is 38.4 Å². The van der Waals surface area contributed by atoms with Crippen LogP contribution in [0.2, 0.25) is 0 Å². The molecule has 0 bridgehead atoms. The first-order valence-electron chi connectivity index (χ1n) is 17.2. The fourth-order valence-corrected chi connectivity index (χ4v) is 8.05. The standard InChI is InChI=1S/C38H41N5O8/c1-37(27-13-6-5-7-14-27)31(46)40(3)35(50)42(33(37)48)21-29(44)25-11-8-10-23(18-25)24-15-16-28(19-24)38(2)32(47)41(4)36(51)43(34(38)49)22-30(45)26-12-9-17-39-20-26/h8-12,16-18,20,24,27H,5-7,13-15,19,21-22H2,1-4H3. The van der Waals surface area contributed by atoms with Crippen LogP contribution in [0, 0.1) is 16.7 Å². The van der Waals surface area contributed by atoms with Gasteiger partial charge in [0.15, 0.2) is 11.6 Å². The van der Waals surface area contributed by atoms with Crippen LogP contribution >= 0.6 is 0 Å². The Morgan fingerprint density at radius 3 is 2.02 bits per heavy atom. The number of hydrogen-bond acceptors (Lipinski definition) is 9. The number of carbonyl (C=O) groups is 8. The van der Waals surface area contributed by atoms with Gasteiger partial charge in [-0.25, -0.2) is 9.59 Å². The number of hydrogen-bond donors (Lipinski definition) is 0. The van der Waals surface area contributed by atoms with Gasteiger partial charge in [-0.05, 0) is 80.7 Å². The summed E-state index contributed by atoms with van der Waals surface area (Å²) in [6.07, 6.45) is 9.54. The Balaban J connectivity index is 1.18. The number of pyridine rings is 1. The smallest absolute Gasteiger partial charge is 0.292 e. The van der Waals surface area contributed by atoms with Crippen molar-refractivity contribution in [3.8, 4) is 0 Å². The van der Waals surface area contributed by atoms with E-state index in [2.05, 4.69) is 4.98 Å². The summed E-state index contributed by atoms with van der Waals surface area (Å²) in [6.45, 7) is 1.98. The van der Waals surface area contributed by atoms with E-state index in [1.54, 1.807) is 37.3 Å². The number of imide groups is 4. The Labute approximate surface area is 295 Å². The minimum Gasteiger partial charge on any atom is -0.292 e. The Hall–Kier alpha value is -5.33. The number of barbiturate groups is 2. The lowest BCUT2D eigenvalue weighted by Crippen LogP contribution is -2.66. The molecule has 3 atom stereocenters. The number of amides is 8. The number of ketones is 2. The van der Waals surface area contributed by atoms with Crippen molar-refractivity contribution in [2.75, 3.05) is 27.2 Å². The van der Waals surface area contributed by atoms with E-state index in [9.17, 15) is 38.4 Å². The zero-order valence-corrected chi connectivity index (χ0v) is 29.2. The maximum atomic E-state index is 13.9. The molecule has 6 rings (SSSR count). The van der Waals surface area contributed by atoms with Crippen LogP contribution in [0.25, 0.3) is 0 Å². The van der Waals surface area contributed by atoms with Gasteiger partial charge in [0.1, 0.15) is 10.8 Å². The highest BCUT2D eigenvalue weighted by atomic mass is 16.2. The molecule has 1 saturated carbocycles. The third-order valence-corrected chi connectivity index (χ3v) is 11.3. The quantitative estimate of drug-likeness (QED) is 0.210.